The summed E-state index contributed by atoms with van der Waals surface area (Å²) >= 11 is 0. The predicted octanol–water partition coefficient (Wildman–Crippen LogP) is 1.16. The van der Waals surface area contributed by atoms with Gasteiger partial charge in [-0.1, -0.05) is 0 Å². The number of nitrogens with one attached hydrogen (secondary N) is 1. The van der Waals surface area contributed by atoms with E-state index < -0.39 is 24.8 Å². The van der Waals surface area contributed by atoms with E-state index in [1.807, 2.05) is 0 Å². The number of alkyl halides is 3. The number of hydrogen-bond donors (Lipinski definition) is 2. The van der Waals surface area contributed by atoms with Crippen LogP contribution in [0.15, 0.2) is 0 Å². The van der Waals surface area contributed by atoms with Gasteiger partial charge in [0.1, 0.15) is 12.6 Å². The van der Waals surface area contributed by atoms with Crippen LogP contribution in [0.2, 0.25) is 0 Å². The SMILES string of the molecule is O=C(O)C1CCC(CCOCC(F)(F)F)N1. The lowest BCUT2D eigenvalue weighted by Crippen LogP contribution is -2.35. The second-order valence-corrected chi connectivity index (χ2v) is 3.79. The molecular weight excluding hydrogens is 227 g/mol. The quantitative estimate of drug-likeness (QED) is 0.709. The van der Waals surface area contributed by atoms with Crippen LogP contribution in [0.1, 0.15) is 19.3 Å². The average molecular weight is 241 g/mol. The fourth-order valence-electron chi connectivity index (χ4n) is 1.65. The third-order valence-corrected chi connectivity index (χ3v) is 2.42. The largest absolute Gasteiger partial charge is 0.480 e. The molecule has 1 aliphatic heterocycles. The lowest BCUT2D eigenvalue weighted by Gasteiger charge is -2.12. The van der Waals surface area contributed by atoms with E-state index in [0.29, 0.717) is 19.3 Å². The van der Waals surface area contributed by atoms with Gasteiger partial charge in [0.2, 0.25) is 0 Å². The molecule has 2 atom stereocenters. The Labute approximate surface area is 90.8 Å². The third-order valence-electron chi connectivity index (χ3n) is 2.42. The van der Waals surface area contributed by atoms with Crippen molar-refractivity contribution in [1.82, 2.24) is 5.32 Å². The molecule has 1 rings (SSSR count). The summed E-state index contributed by atoms with van der Waals surface area (Å²) in [5, 5.41) is 11.5. The fraction of sp³-hybridized carbons (Fsp3) is 0.889. The molecule has 7 heteroatoms. The summed E-state index contributed by atoms with van der Waals surface area (Å²) in [6.07, 6.45) is -2.72. The second-order valence-electron chi connectivity index (χ2n) is 3.79. The number of rotatable bonds is 5. The van der Waals surface area contributed by atoms with Gasteiger partial charge in [-0.2, -0.15) is 13.2 Å². The highest BCUT2D eigenvalue weighted by Gasteiger charge is 2.30. The molecule has 1 aliphatic rings. The second kappa shape index (κ2) is 5.49. The zero-order chi connectivity index (χ0) is 12.2. The molecular formula is C9H14F3NO3. The highest BCUT2D eigenvalue weighted by molar-refractivity contribution is 5.73. The van der Waals surface area contributed by atoms with Crippen LogP contribution in [0, 0.1) is 0 Å². The Kier molecular flexibility index (Phi) is 4.55. The van der Waals surface area contributed by atoms with Crippen LogP contribution in [0.3, 0.4) is 0 Å². The van der Waals surface area contributed by atoms with Crippen molar-refractivity contribution in [3.8, 4) is 0 Å². The van der Waals surface area contributed by atoms with Crippen LogP contribution in [0.25, 0.3) is 0 Å². The molecule has 0 aromatic carbocycles. The van der Waals surface area contributed by atoms with Crippen LogP contribution in [0.4, 0.5) is 13.2 Å². The zero-order valence-corrected chi connectivity index (χ0v) is 8.59. The van der Waals surface area contributed by atoms with Gasteiger partial charge in [0.15, 0.2) is 0 Å². The summed E-state index contributed by atoms with van der Waals surface area (Å²) in [6.45, 7) is -1.26. The molecule has 0 aliphatic carbocycles. The molecule has 94 valence electrons. The first-order chi connectivity index (χ1) is 7.38. The van der Waals surface area contributed by atoms with E-state index >= 15 is 0 Å². The number of carboxylic acids is 1. The minimum atomic E-state index is -4.30. The molecule has 1 heterocycles. The first-order valence-electron chi connectivity index (χ1n) is 5.02. The van der Waals surface area contributed by atoms with Crippen LogP contribution < -0.4 is 5.32 Å². The summed E-state index contributed by atoms with van der Waals surface area (Å²) in [5.74, 6) is -0.918. The fourth-order valence-corrected chi connectivity index (χ4v) is 1.65. The first kappa shape index (κ1) is 13.2. The van der Waals surface area contributed by atoms with Crippen molar-refractivity contribution in [2.24, 2.45) is 0 Å². The van der Waals surface area contributed by atoms with Crippen LogP contribution in [-0.2, 0) is 9.53 Å². The molecule has 2 unspecified atom stereocenters. The molecule has 1 fully saturated rings. The van der Waals surface area contributed by atoms with Crippen molar-refractivity contribution in [3.63, 3.8) is 0 Å². The minimum absolute atomic E-state index is 0.0104. The van der Waals surface area contributed by atoms with Crippen molar-refractivity contribution >= 4 is 5.97 Å². The normalized spacial score (nSPS) is 25.9. The molecule has 0 radical (unpaired) electrons. The van der Waals surface area contributed by atoms with Gasteiger partial charge >= 0.3 is 12.1 Å². The molecule has 0 amide bonds. The van der Waals surface area contributed by atoms with Gasteiger partial charge in [0, 0.05) is 12.6 Å². The van der Waals surface area contributed by atoms with E-state index in [1.165, 1.54) is 0 Å². The van der Waals surface area contributed by atoms with Crippen molar-refractivity contribution in [2.75, 3.05) is 13.2 Å². The molecule has 0 bridgehead atoms. The van der Waals surface area contributed by atoms with Crippen LogP contribution in [-0.4, -0.2) is 42.5 Å². The van der Waals surface area contributed by atoms with E-state index in [2.05, 4.69) is 10.1 Å². The third kappa shape index (κ3) is 4.80. The van der Waals surface area contributed by atoms with Gasteiger partial charge in [-0.15, -0.1) is 0 Å². The Balaban J connectivity index is 2.09. The van der Waals surface area contributed by atoms with Gasteiger partial charge in [-0.25, -0.2) is 0 Å². The van der Waals surface area contributed by atoms with Crippen molar-refractivity contribution in [3.05, 3.63) is 0 Å². The highest BCUT2D eigenvalue weighted by Crippen LogP contribution is 2.17. The molecule has 0 spiro atoms. The molecule has 0 saturated carbocycles. The van der Waals surface area contributed by atoms with Crippen LogP contribution in [0.5, 0.6) is 0 Å². The highest BCUT2D eigenvalue weighted by atomic mass is 19.4. The lowest BCUT2D eigenvalue weighted by atomic mass is 10.1. The summed E-state index contributed by atoms with van der Waals surface area (Å²) in [4.78, 5) is 10.6. The summed E-state index contributed by atoms with van der Waals surface area (Å²) in [7, 11) is 0. The summed E-state index contributed by atoms with van der Waals surface area (Å²) in [5.41, 5.74) is 0. The van der Waals surface area contributed by atoms with Crippen molar-refractivity contribution < 1.29 is 27.8 Å². The molecule has 1 saturated heterocycles. The number of ether oxygens (including phenoxy) is 1. The molecule has 16 heavy (non-hydrogen) atoms. The average Bonchev–Trinajstić information content (AvgIpc) is 2.59. The van der Waals surface area contributed by atoms with E-state index in [4.69, 9.17) is 5.11 Å². The maximum atomic E-state index is 11.7. The molecule has 0 aromatic heterocycles. The Morgan fingerprint density at radius 1 is 1.44 bits per heavy atom. The Hall–Kier alpha value is -0.820. The Morgan fingerprint density at radius 3 is 2.62 bits per heavy atom. The molecule has 2 N–H and O–H groups in total. The summed E-state index contributed by atoms with van der Waals surface area (Å²) < 4.78 is 39.6. The monoisotopic (exact) mass is 241 g/mol. The smallest absolute Gasteiger partial charge is 0.411 e. The Morgan fingerprint density at radius 2 is 2.12 bits per heavy atom. The first-order valence-corrected chi connectivity index (χ1v) is 5.02. The van der Waals surface area contributed by atoms with E-state index in [9.17, 15) is 18.0 Å². The van der Waals surface area contributed by atoms with E-state index in [-0.39, 0.29) is 12.6 Å². The van der Waals surface area contributed by atoms with E-state index in [1.54, 1.807) is 0 Å². The summed E-state index contributed by atoms with van der Waals surface area (Å²) in [6, 6.07) is -0.637. The van der Waals surface area contributed by atoms with Crippen LogP contribution >= 0.6 is 0 Å². The lowest BCUT2D eigenvalue weighted by molar-refractivity contribution is -0.174. The van der Waals surface area contributed by atoms with Gasteiger partial charge in [0.05, 0.1) is 0 Å². The zero-order valence-electron chi connectivity index (χ0n) is 8.59. The number of aliphatic carboxylic acids is 1. The predicted molar refractivity (Wildman–Crippen MR) is 49.1 cm³/mol. The van der Waals surface area contributed by atoms with Gasteiger partial charge in [-0.05, 0) is 19.3 Å². The maximum absolute atomic E-state index is 11.7. The number of carboxylic acid groups (broad SMARTS) is 1. The topological polar surface area (TPSA) is 58.6 Å². The Bertz CT molecular complexity index is 245. The van der Waals surface area contributed by atoms with Gasteiger partial charge in [-0.3, -0.25) is 4.79 Å². The van der Waals surface area contributed by atoms with Gasteiger partial charge < -0.3 is 15.2 Å². The van der Waals surface area contributed by atoms with Gasteiger partial charge in [0.25, 0.3) is 0 Å². The number of hydrogen-bond acceptors (Lipinski definition) is 3. The molecule has 4 nitrogen and oxygen atoms in total. The standard InChI is InChI=1S/C9H14F3NO3/c10-9(11,12)5-16-4-3-6-1-2-7(13-6)8(14)15/h6-7,13H,1-5H2,(H,14,15). The maximum Gasteiger partial charge on any atom is 0.411 e. The molecule has 0 aromatic rings. The number of carbonyl (C=O) groups is 1. The van der Waals surface area contributed by atoms with E-state index in [0.717, 1.165) is 0 Å². The van der Waals surface area contributed by atoms with Crippen molar-refractivity contribution in [2.45, 2.75) is 37.5 Å². The van der Waals surface area contributed by atoms with Crippen molar-refractivity contribution in [1.29, 1.82) is 0 Å². The number of halogens is 3. The minimum Gasteiger partial charge on any atom is -0.480 e.